The highest BCUT2D eigenvalue weighted by molar-refractivity contribution is 6.31. The summed E-state index contributed by atoms with van der Waals surface area (Å²) in [7, 11) is 4.17. The van der Waals surface area contributed by atoms with E-state index in [0.29, 0.717) is 6.04 Å². The van der Waals surface area contributed by atoms with E-state index in [1.165, 1.54) is 0 Å². The maximum atomic E-state index is 6.05. The highest BCUT2D eigenvalue weighted by Gasteiger charge is 2.04. The second kappa shape index (κ2) is 6.11. The van der Waals surface area contributed by atoms with E-state index in [9.17, 15) is 0 Å². The number of halogens is 1. The van der Waals surface area contributed by atoms with Crippen LogP contribution < -0.4 is 5.32 Å². The standard InChI is InChI=1S/C12H19ClN2/c1-10(15(2)3)8-14-9-11-6-4-5-7-12(11)13/h4-7,10,14H,8-9H2,1-3H3. The highest BCUT2D eigenvalue weighted by atomic mass is 35.5. The van der Waals surface area contributed by atoms with Gasteiger partial charge in [0.05, 0.1) is 0 Å². The summed E-state index contributed by atoms with van der Waals surface area (Å²) in [6.45, 7) is 4.00. The lowest BCUT2D eigenvalue weighted by Gasteiger charge is -2.20. The van der Waals surface area contributed by atoms with Crippen LogP contribution in [0.5, 0.6) is 0 Å². The molecule has 1 rings (SSSR count). The number of hydrogen-bond acceptors (Lipinski definition) is 2. The molecule has 1 unspecified atom stereocenters. The predicted octanol–water partition coefficient (Wildman–Crippen LogP) is 2.38. The second-order valence-corrected chi connectivity index (χ2v) is 4.44. The molecule has 0 saturated heterocycles. The van der Waals surface area contributed by atoms with Crippen molar-refractivity contribution >= 4 is 11.6 Å². The van der Waals surface area contributed by atoms with Gasteiger partial charge in [-0.1, -0.05) is 29.8 Å². The molecule has 0 amide bonds. The minimum absolute atomic E-state index is 0.535. The van der Waals surface area contributed by atoms with E-state index >= 15 is 0 Å². The van der Waals surface area contributed by atoms with Crippen LogP contribution >= 0.6 is 11.6 Å². The predicted molar refractivity (Wildman–Crippen MR) is 66.3 cm³/mol. The van der Waals surface area contributed by atoms with E-state index in [0.717, 1.165) is 23.7 Å². The minimum Gasteiger partial charge on any atom is -0.311 e. The lowest BCUT2D eigenvalue weighted by Crippen LogP contribution is -2.35. The Balaban J connectivity index is 2.35. The quantitative estimate of drug-likeness (QED) is 0.830. The van der Waals surface area contributed by atoms with E-state index in [-0.39, 0.29) is 0 Å². The number of nitrogens with zero attached hydrogens (tertiary/aromatic N) is 1. The van der Waals surface area contributed by atoms with Gasteiger partial charge in [0.2, 0.25) is 0 Å². The summed E-state index contributed by atoms with van der Waals surface area (Å²) in [5, 5.41) is 4.23. The van der Waals surface area contributed by atoms with Gasteiger partial charge in [-0.3, -0.25) is 0 Å². The van der Waals surface area contributed by atoms with Gasteiger partial charge in [0.25, 0.3) is 0 Å². The van der Waals surface area contributed by atoms with Crippen LogP contribution in [0, 0.1) is 0 Å². The molecule has 0 aliphatic carbocycles. The van der Waals surface area contributed by atoms with Crippen molar-refractivity contribution in [1.29, 1.82) is 0 Å². The van der Waals surface area contributed by atoms with Gasteiger partial charge in [0.1, 0.15) is 0 Å². The number of hydrogen-bond donors (Lipinski definition) is 1. The van der Waals surface area contributed by atoms with E-state index in [2.05, 4.69) is 37.3 Å². The molecule has 0 fully saturated rings. The number of nitrogens with one attached hydrogen (secondary N) is 1. The van der Waals surface area contributed by atoms with Crippen LogP contribution in [0.1, 0.15) is 12.5 Å². The normalized spacial score (nSPS) is 13.1. The first-order valence-corrected chi connectivity index (χ1v) is 5.59. The van der Waals surface area contributed by atoms with Gasteiger partial charge < -0.3 is 10.2 Å². The van der Waals surface area contributed by atoms with Crippen molar-refractivity contribution in [3.8, 4) is 0 Å². The van der Waals surface area contributed by atoms with Crippen LogP contribution in [0.15, 0.2) is 24.3 Å². The minimum atomic E-state index is 0.535. The van der Waals surface area contributed by atoms with Gasteiger partial charge in [-0.25, -0.2) is 0 Å². The fourth-order valence-corrected chi connectivity index (χ4v) is 1.44. The van der Waals surface area contributed by atoms with Crippen LogP contribution in [0.4, 0.5) is 0 Å². The summed E-state index contributed by atoms with van der Waals surface area (Å²) < 4.78 is 0. The molecular formula is C12H19ClN2. The average molecular weight is 227 g/mol. The van der Waals surface area contributed by atoms with Gasteiger partial charge in [-0.15, -0.1) is 0 Å². The first-order valence-electron chi connectivity index (χ1n) is 5.22. The van der Waals surface area contributed by atoms with Crippen molar-refractivity contribution in [3.05, 3.63) is 34.9 Å². The number of likely N-dealkylation sites (N-methyl/N-ethyl adjacent to an activating group) is 1. The molecule has 3 heteroatoms. The maximum Gasteiger partial charge on any atom is 0.0450 e. The Labute approximate surface area is 97.2 Å². The zero-order chi connectivity index (χ0) is 11.3. The summed E-state index contributed by atoms with van der Waals surface area (Å²) >= 11 is 6.05. The molecule has 15 heavy (non-hydrogen) atoms. The number of benzene rings is 1. The van der Waals surface area contributed by atoms with Crippen LogP contribution in [-0.4, -0.2) is 31.6 Å². The van der Waals surface area contributed by atoms with Crippen molar-refractivity contribution < 1.29 is 0 Å². The van der Waals surface area contributed by atoms with Gasteiger partial charge in [0.15, 0.2) is 0 Å². The fraction of sp³-hybridized carbons (Fsp3) is 0.500. The molecule has 0 aliphatic heterocycles. The molecule has 1 aromatic rings. The Bertz CT molecular complexity index is 299. The molecule has 0 saturated carbocycles. The van der Waals surface area contributed by atoms with E-state index < -0.39 is 0 Å². The third-order valence-electron chi connectivity index (χ3n) is 2.59. The first kappa shape index (κ1) is 12.5. The van der Waals surface area contributed by atoms with Crippen LogP contribution in [0.3, 0.4) is 0 Å². The monoisotopic (exact) mass is 226 g/mol. The smallest absolute Gasteiger partial charge is 0.0450 e. The van der Waals surface area contributed by atoms with Crippen molar-refractivity contribution in [3.63, 3.8) is 0 Å². The van der Waals surface area contributed by atoms with Crippen LogP contribution in [0.25, 0.3) is 0 Å². The van der Waals surface area contributed by atoms with E-state index in [1.807, 2.05) is 18.2 Å². The Morgan fingerprint density at radius 3 is 2.60 bits per heavy atom. The van der Waals surface area contributed by atoms with Crippen LogP contribution in [-0.2, 0) is 6.54 Å². The Morgan fingerprint density at radius 2 is 2.00 bits per heavy atom. The van der Waals surface area contributed by atoms with Crippen LogP contribution in [0.2, 0.25) is 5.02 Å². The Morgan fingerprint density at radius 1 is 1.33 bits per heavy atom. The third-order valence-corrected chi connectivity index (χ3v) is 2.96. The third kappa shape index (κ3) is 4.20. The van der Waals surface area contributed by atoms with E-state index in [4.69, 9.17) is 11.6 Å². The summed E-state index contributed by atoms with van der Waals surface area (Å²) in [5.74, 6) is 0. The second-order valence-electron chi connectivity index (χ2n) is 4.03. The van der Waals surface area contributed by atoms with E-state index in [1.54, 1.807) is 0 Å². The Kier molecular flexibility index (Phi) is 5.09. The Hall–Kier alpha value is -0.570. The molecule has 0 bridgehead atoms. The lowest BCUT2D eigenvalue weighted by atomic mass is 10.2. The zero-order valence-corrected chi connectivity index (χ0v) is 10.4. The van der Waals surface area contributed by atoms with Crippen molar-refractivity contribution in [2.75, 3.05) is 20.6 Å². The lowest BCUT2D eigenvalue weighted by molar-refractivity contribution is 0.302. The molecule has 0 aliphatic rings. The van der Waals surface area contributed by atoms with Gasteiger partial charge in [-0.2, -0.15) is 0 Å². The molecule has 2 nitrogen and oxygen atoms in total. The SMILES string of the molecule is CC(CNCc1ccccc1Cl)N(C)C. The fourth-order valence-electron chi connectivity index (χ4n) is 1.24. The summed E-state index contributed by atoms with van der Waals surface area (Å²) in [6, 6.07) is 8.48. The summed E-state index contributed by atoms with van der Waals surface area (Å²) in [4.78, 5) is 2.19. The van der Waals surface area contributed by atoms with Gasteiger partial charge >= 0.3 is 0 Å². The molecule has 0 radical (unpaired) electrons. The van der Waals surface area contributed by atoms with Gasteiger partial charge in [-0.05, 0) is 32.6 Å². The molecule has 0 heterocycles. The molecule has 0 spiro atoms. The molecule has 84 valence electrons. The average Bonchev–Trinajstić information content (AvgIpc) is 2.20. The summed E-state index contributed by atoms with van der Waals surface area (Å²) in [5.41, 5.74) is 1.16. The summed E-state index contributed by atoms with van der Waals surface area (Å²) in [6.07, 6.45) is 0. The van der Waals surface area contributed by atoms with Gasteiger partial charge in [0, 0.05) is 24.2 Å². The first-order chi connectivity index (χ1) is 7.11. The molecule has 0 aromatic heterocycles. The molecule has 1 atom stereocenters. The number of rotatable bonds is 5. The van der Waals surface area contributed by atoms with Crippen molar-refractivity contribution in [2.24, 2.45) is 0 Å². The van der Waals surface area contributed by atoms with Crippen molar-refractivity contribution in [2.45, 2.75) is 19.5 Å². The topological polar surface area (TPSA) is 15.3 Å². The largest absolute Gasteiger partial charge is 0.311 e. The highest BCUT2D eigenvalue weighted by Crippen LogP contribution is 2.14. The molecule has 1 N–H and O–H groups in total. The zero-order valence-electron chi connectivity index (χ0n) is 9.63. The maximum absolute atomic E-state index is 6.05. The van der Waals surface area contributed by atoms with Crippen molar-refractivity contribution in [1.82, 2.24) is 10.2 Å². The molecule has 1 aromatic carbocycles. The molecular weight excluding hydrogens is 208 g/mol.